The quantitative estimate of drug-likeness (QED) is 0.183. The largest absolute Gasteiger partial charge is 0.456 e. The van der Waals surface area contributed by atoms with Gasteiger partial charge in [-0.3, -0.25) is 0 Å². The van der Waals surface area contributed by atoms with Crippen molar-refractivity contribution in [2.75, 3.05) is 0 Å². The van der Waals surface area contributed by atoms with E-state index in [9.17, 15) is 0 Å². The molecule has 0 spiro atoms. The van der Waals surface area contributed by atoms with Crippen LogP contribution in [0.5, 0.6) is 0 Å². The zero-order valence-electron chi connectivity index (χ0n) is 26.3. The van der Waals surface area contributed by atoms with Crippen LogP contribution in [0.25, 0.3) is 99.5 Å². The highest BCUT2D eigenvalue weighted by Crippen LogP contribution is 2.42. The van der Waals surface area contributed by atoms with Crippen LogP contribution in [0.1, 0.15) is 0 Å². The van der Waals surface area contributed by atoms with Crippen LogP contribution in [-0.4, -0.2) is 15.0 Å². The van der Waals surface area contributed by atoms with Crippen LogP contribution in [-0.2, 0) is 0 Å². The third-order valence-corrected chi connectivity index (χ3v) is 9.47. The number of nitrogens with zero attached hydrogens (tertiary/aromatic N) is 3. The Morgan fingerprint density at radius 2 is 0.918 bits per heavy atom. The van der Waals surface area contributed by atoms with Gasteiger partial charge in [0.2, 0.25) is 0 Å². The maximum absolute atomic E-state index is 6.37. The number of aromatic nitrogens is 3. The lowest BCUT2D eigenvalue weighted by Gasteiger charge is -2.13. The highest BCUT2D eigenvalue weighted by Gasteiger charge is 2.19. The summed E-state index contributed by atoms with van der Waals surface area (Å²) in [7, 11) is 0. The van der Waals surface area contributed by atoms with E-state index in [1.165, 1.54) is 11.1 Å². The van der Waals surface area contributed by atoms with Gasteiger partial charge in [-0.25, -0.2) is 15.0 Å². The Kier molecular flexibility index (Phi) is 6.15. The summed E-state index contributed by atoms with van der Waals surface area (Å²) in [5, 5.41) is 6.43. The Morgan fingerprint density at radius 1 is 0.327 bits per heavy atom. The van der Waals surface area contributed by atoms with E-state index in [1.807, 2.05) is 36.4 Å². The van der Waals surface area contributed by atoms with E-state index in [4.69, 9.17) is 19.4 Å². The Labute approximate surface area is 282 Å². The van der Waals surface area contributed by atoms with Crippen molar-refractivity contribution in [1.82, 2.24) is 15.0 Å². The van der Waals surface area contributed by atoms with Crippen molar-refractivity contribution in [3.8, 4) is 45.0 Å². The molecule has 0 bridgehead atoms. The second-order valence-corrected chi connectivity index (χ2v) is 12.4. The minimum absolute atomic E-state index is 0.673. The van der Waals surface area contributed by atoms with E-state index in [1.54, 1.807) is 0 Å². The van der Waals surface area contributed by atoms with Gasteiger partial charge in [0, 0.05) is 49.0 Å². The van der Waals surface area contributed by atoms with Crippen LogP contribution >= 0.6 is 0 Å². The number of furan rings is 1. The summed E-state index contributed by atoms with van der Waals surface area (Å²) in [6.45, 7) is 0. The minimum Gasteiger partial charge on any atom is -0.456 e. The topological polar surface area (TPSA) is 51.8 Å². The fraction of sp³-hybridized carbons (Fsp3) is 0. The van der Waals surface area contributed by atoms with Gasteiger partial charge in [0.05, 0.1) is 22.4 Å². The lowest BCUT2D eigenvalue weighted by Crippen LogP contribution is -1.96. The lowest BCUT2D eigenvalue weighted by molar-refractivity contribution is 0.669. The maximum atomic E-state index is 6.37. The van der Waals surface area contributed by atoms with E-state index >= 15 is 0 Å². The molecule has 7 aromatic carbocycles. The third kappa shape index (κ3) is 4.49. The Bertz CT molecular complexity index is 2860. The lowest BCUT2D eigenvalue weighted by atomic mass is 9.95. The van der Waals surface area contributed by atoms with Crippen molar-refractivity contribution >= 4 is 54.5 Å². The van der Waals surface area contributed by atoms with Crippen molar-refractivity contribution in [3.63, 3.8) is 0 Å². The number of para-hydroxylation sites is 2. The van der Waals surface area contributed by atoms with Crippen molar-refractivity contribution < 1.29 is 4.42 Å². The van der Waals surface area contributed by atoms with E-state index in [2.05, 4.69) is 127 Å². The van der Waals surface area contributed by atoms with Crippen LogP contribution in [0.2, 0.25) is 0 Å². The predicted molar refractivity (Wildman–Crippen MR) is 201 cm³/mol. The Hall–Kier alpha value is -6.65. The second-order valence-electron chi connectivity index (χ2n) is 12.4. The molecule has 10 rings (SSSR count). The maximum Gasteiger partial charge on any atom is 0.160 e. The van der Waals surface area contributed by atoms with Crippen LogP contribution in [0.4, 0.5) is 0 Å². The highest BCUT2D eigenvalue weighted by molar-refractivity contribution is 6.28. The molecule has 3 heterocycles. The molecule has 0 radical (unpaired) electrons. The number of benzene rings is 7. The Morgan fingerprint density at radius 3 is 1.73 bits per heavy atom. The molecule has 0 aliphatic carbocycles. The summed E-state index contributed by atoms with van der Waals surface area (Å²) in [6, 6.07) is 56.6. The number of hydrogen-bond acceptors (Lipinski definition) is 4. The van der Waals surface area contributed by atoms with Crippen LogP contribution < -0.4 is 0 Å². The monoisotopic (exact) mass is 625 g/mol. The molecule has 10 aromatic rings. The van der Waals surface area contributed by atoms with E-state index in [0.29, 0.717) is 5.82 Å². The fourth-order valence-corrected chi connectivity index (χ4v) is 7.14. The Balaban J connectivity index is 1.22. The summed E-state index contributed by atoms with van der Waals surface area (Å²) in [5.41, 5.74) is 10.8. The first-order valence-corrected chi connectivity index (χ1v) is 16.4. The van der Waals surface area contributed by atoms with Crippen LogP contribution in [0.3, 0.4) is 0 Å². The van der Waals surface area contributed by atoms with Crippen LogP contribution in [0, 0.1) is 0 Å². The van der Waals surface area contributed by atoms with Gasteiger partial charge in [-0.05, 0) is 53.6 Å². The van der Waals surface area contributed by atoms with Crippen molar-refractivity contribution in [2.45, 2.75) is 0 Å². The van der Waals surface area contributed by atoms with Crippen LogP contribution in [0.15, 0.2) is 168 Å². The van der Waals surface area contributed by atoms with Gasteiger partial charge in [0.15, 0.2) is 5.82 Å². The summed E-state index contributed by atoms with van der Waals surface area (Å²) < 4.78 is 6.37. The fourth-order valence-electron chi connectivity index (χ4n) is 7.14. The zero-order chi connectivity index (χ0) is 32.3. The molecule has 0 unspecified atom stereocenters. The van der Waals surface area contributed by atoms with E-state index in [-0.39, 0.29) is 0 Å². The minimum atomic E-state index is 0.673. The third-order valence-electron chi connectivity index (χ3n) is 9.47. The average Bonchev–Trinajstić information content (AvgIpc) is 3.57. The molecule has 49 heavy (non-hydrogen) atoms. The van der Waals surface area contributed by atoms with Gasteiger partial charge >= 0.3 is 0 Å². The SMILES string of the molecule is c1ccc(-c2ccc(-c3nc(-c4ccc5nc(-c6ccccc6)c6ccc7oc8ccccc8c7c6c5c4)nc4ccccc34)cc2)cc1. The zero-order valence-corrected chi connectivity index (χ0v) is 26.3. The van der Waals surface area contributed by atoms with Gasteiger partial charge in [-0.15, -0.1) is 0 Å². The molecule has 0 N–H and O–H groups in total. The smallest absolute Gasteiger partial charge is 0.160 e. The summed E-state index contributed by atoms with van der Waals surface area (Å²) >= 11 is 0. The highest BCUT2D eigenvalue weighted by atomic mass is 16.3. The average molecular weight is 626 g/mol. The number of hydrogen-bond donors (Lipinski definition) is 0. The number of fused-ring (bicyclic) bond motifs is 8. The van der Waals surface area contributed by atoms with E-state index < -0.39 is 0 Å². The molecule has 228 valence electrons. The van der Waals surface area contributed by atoms with E-state index in [0.717, 1.165) is 82.6 Å². The molecular formula is C45H27N3O. The van der Waals surface area contributed by atoms with Gasteiger partial charge in [-0.2, -0.15) is 0 Å². The summed E-state index contributed by atoms with van der Waals surface area (Å²) in [4.78, 5) is 15.6. The molecule has 0 aliphatic rings. The van der Waals surface area contributed by atoms with Gasteiger partial charge in [-0.1, -0.05) is 121 Å². The number of rotatable bonds is 4. The van der Waals surface area contributed by atoms with Gasteiger partial charge in [0.1, 0.15) is 11.2 Å². The van der Waals surface area contributed by atoms with Crippen molar-refractivity contribution in [1.29, 1.82) is 0 Å². The molecule has 4 nitrogen and oxygen atoms in total. The first-order chi connectivity index (χ1) is 24.3. The summed E-state index contributed by atoms with van der Waals surface area (Å²) in [6.07, 6.45) is 0. The number of pyridine rings is 1. The van der Waals surface area contributed by atoms with Crippen molar-refractivity contribution in [3.05, 3.63) is 164 Å². The van der Waals surface area contributed by atoms with Gasteiger partial charge < -0.3 is 4.42 Å². The normalized spacial score (nSPS) is 11.7. The first-order valence-electron chi connectivity index (χ1n) is 16.4. The molecule has 0 fully saturated rings. The predicted octanol–water partition coefficient (Wildman–Crippen LogP) is 11.9. The molecule has 4 heteroatoms. The van der Waals surface area contributed by atoms with Crippen molar-refractivity contribution in [2.24, 2.45) is 0 Å². The second kappa shape index (κ2) is 11.0. The first kappa shape index (κ1) is 27.5. The summed E-state index contributed by atoms with van der Waals surface area (Å²) in [5.74, 6) is 0.673. The standard InChI is InChI=1S/C45H27N3O/c1-3-11-28(12-4-1)29-19-21-31(22-20-29)43-33-15-7-9-17-37(33)47-45(48-43)32-23-25-38-36(27-32)41-35(44(46-38)30-13-5-2-6-14-30)24-26-40-42(41)34-16-8-10-18-39(34)49-40/h1-27H. The molecule has 3 aromatic heterocycles. The van der Waals surface area contributed by atoms with Gasteiger partial charge in [0.25, 0.3) is 0 Å². The molecule has 0 atom stereocenters. The molecule has 0 saturated heterocycles. The molecule has 0 aliphatic heterocycles. The molecular weight excluding hydrogens is 599 g/mol. The molecule has 0 amide bonds. The molecule has 0 saturated carbocycles.